The van der Waals surface area contributed by atoms with Crippen molar-refractivity contribution in [1.82, 2.24) is 9.97 Å². The number of nitrogens with zero attached hydrogens (tertiary/aromatic N) is 2. The predicted molar refractivity (Wildman–Crippen MR) is 40.4 cm³/mol. The lowest BCUT2D eigenvalue weighted by Crippen LogP contribution is -2.16. The summed E-state index contributed by atoms with van der Waals surface area (Å²) in [5.74, 6) is -1.77. The minimum atomic E-state index is -4.59. The molecular weight excluding hydrogens is 199 g/mol. The van der Waals surface area contributed by atoms with Crippen LogP contribution in [0.3, 0.4) is 0 Å². The zero-order chi connectivity index (χ0) is 10.8. The lowest BCUT2D eigenvalue weighted by molar-refractivity contribution is -0.145. The zero-order valence-corrected chi connectivity index (χ0v) is 6.88. The third kappa shape index (κ3) is 2.25. The summed E-state index contributed by atoms with van der Waals surface area (Å²) in [6, 6.07) is 0. The molecule has 0 fully saturated rings. The van der Waals surface area contributed by atoms with Crippen LogP contribution in [-0.2, 0) is 6.18 Å². The van der Waals surface area contributed by atoms with Gasteiger partial charge in [-0.3, -0.25) is 4.79 Å². The molecule has 1 rings (SSSR count). The van der Waals surface area contributed by atoms with Crippen molar-refractivity contribution in [2.45, 2.75) is 6.18 Å². The van der Waals surface area contributed by atoms with E-state index in [9.17, 15) is 18.0 Å². The van der Waals surface area contributed by atoms with Crippen LogP contribution in [0.15, 0.2) is 12.4 Å². The molecule has 4 nitrogen and oxygen atoms in total. The van der Waals surface area contributed by atoms with Gasteiger partial charge >= 0.3 is 6.18 Å². The minimum absolute atomic E-state index is 0.0273. The Morgan fingerprint density at radius 2 is 1.86 bits per heavy atom. The van der Waals surface area contributed by atoms with Crippen molar-refractivity contribution in [3.05, 3.63) is 23.8 Å². The highest BCUT2D eigenvalue weighted by molar-refractivity contribution is 5.96. The first-order chi connectivity index (χ1) is 6.45. The average Bonchev–Trinajstić information content (AvgIpc) is 2.15. The Morgan fingerprint density at radius 3 is 2.21 bits per heavy atom. The van der Waals surface area contributed by atoms with Crippen LogP contribution >= 0.6 is 0 Å². The molecule has 0 saturated carbocycles. The summed E-state index contributed by atoms with van der Waals surface area (Å²) in [6.45, 7) is -0.283. The summed E-state index contributed by atoms with van der Waals surface area (Å²) < 4.78 is 35.9. The fourth-order valence-electron chi connectivity index (χ4n) is 0.736. The van der Waals surface area contributed by atoms with E-state index >= 15 is 0 Å². The van der Waals surface area contributed by atoms with Crippen molar-refractivity contribution >= 4 is 5.78 Å². The minimum Gasteiger partial charge on any atom is -0.324 e. The SMILES string of the molecule is NCC(=O)c1cnc(C(F)(F)F)nc1. The van der Waals surface area contributed by atoms with Crippen LogP contribution in [-0.4, -0.2) is 22.3 Å². The van der Waals surface area contributed by atoms with E-state index in [1.54, 1.807) is 0 Å². The van der Waals surface area contributed by atoms with Crippen molar-refractivity contribution in [2.24, 2.45) is 5.73 Å². The lowest BCUT2D eigenvalue weighted by atomic mass is 10.2. The van der Waals surface area contributed by atoms with Gasteiger partial charge in [0.25, 0.3) is 0 Å². The fraction of sp³-hybridized carbons (Fsp3) is 0.286. The highest BCUT2D eigenvalue weighted by atomic mass is 19.4. The van der Waals surface area contributed by atoms with Crippen LogP contribution in [0, 0.1) is 0 Å². The first-order valence-corrected chi connectivity index (χ1v) is 3.57. The van der Waals surface area contributed by atoms with E-state index in [1.807, 2.05) is 0 Å². The normalized spacial score (nSPS) is 11.4. The molecule has 0 spiro atoms. The largest absolute Gasteiger partial charge is 0.451 e. The van der Waals surface area contributed by atoms with Gasteiger partial charge in [0.15, 0.2) is 5.78 Å². The summed E-state index contributed by atoms with van der Waals surface area (Å²) in [5.41, 5.74) is 4.97. The van der Waals surface area contributed by atoms with Crippen LogP contribution < -0.4 is 5.73 Å². The second-order valence-electron chi connectivity index (χ2n) is 2.42. The zero-order valence-electron chi connectivity index (χ0n) is 6.88. The molecule has 0 unspecified atom stereocenters. The predicted octanol–water partition coefficient (Wildman–Crippen LogP) is 0.637. The molecule has 1 heterocycles. The van der Waals surface area contributed by atoms with E-state index < -0.39 is 17.8 Å². The standard InChI is InChI=1S/C7H6F3N3O/c8-7(9,10)6-12-2-4(3-13-6)5(14)1-11/h2-3H,1,11H2. The summed E-state index contributed by atoms with van der Waals surface area (Å²) in [5, 5.41) is 0. The van der Waals surface area contributed by atoms with Gasteiger partial charge in [0.05, 0.1) is 12.1 Å². The van der Waals surface area contributed by atoms with Crippen molar-refractivity contribution in [3.63, 3.8) is 0 Å². The Kier molecular flexibility index (Phi) is 2.80. The number of Topliss-reactive ketones (excluding diaryl/α,β-unsaturated/α-hetero) is 1. The van der Waals surface area contributed by atoms with Crippen LogP contribution in [0.2, 0.25) is 0 Å². The molecular formula is C7H6F3N3O. The van der Waals surface area contributed by atoms with Gasteiger partial charge in [0.2, 0.25) is 5.82 Å². The molecule has 2 N–H and O–H groups in total. The van der Waals surface area contributed by atoms with E-state index in [2.05, 4.69) is 9.97 Å². The number of hydrogen-bond acceptors (Lipinski definition) is 4. The van der Waals surface area contributed by atoms with E-state index in [1.165, 1.54) is 0 Å². The number of rotatable bonds is 2. The smallest absolute Gasteiger partial charge is 0.324 e. The molecule has 76 valence electrons. The van der Waals surface area contributed by atoms with E-state index in [-0.39, 0.29) is 12.1 Å². The maximum absolute atomic E-state index is 12.0. The summed E-state index contributed by atoms with van der Waals surface area (Å²) >= 11 is 0. The number of carbonyl (C=O) groups is 1. The van der Waals surface area contributed by atoms with Crippen LogP contribution in [0.1, 0.15) is 16.2 Å². The summed E-state index contributed by atoms with van der Waals surface area (Å²) in [7, 11) is 0. The molecule has 0 saturated heterocycles. The van der Waals surface area contributed by atoms with Crippen molar-refractivity contribution < 1.29 is 18.0 Å². The quantitative estimate of drug-likeness (QED) is 0.719. The summed E-state index contributed by atoms with van der Waals surface area (Å²) in [6.07, 6.45) is -2.97. The Labute approximate surface area is 77.0 Å². The Bertz CT molecular complexity index is 333. The van der Waals surface area contributed by atoms with Gasteiger partial charge in [-0.1, -0.05) is 0 Å². The van der Waals surface area contributed by atoms with Gasteiger partial charge in [0.1, 0.15) is 0 Å². The molecule has 0 aromatic carbocycles. The average molecular weight is 205 g/mol. The number of hydrogen-bond donors (Lipinski definition) is 1. The molecule has 0 amide bonds. The molecule has 14 heavy (non-hydrogen) atoms. The molecule has 0 aliphatic heterocycles. The topological polar surface area (TPSA) is 68.9 Å². The summed E-state index contributed by atoms with van der Waals surface area (Å²) in [4.78, 5) is 16.9. The van der Waals surface area contributed by atoms with E-state index in [0.29, 0.717) is 0 Å². The van der Waals surface area contributed by atoms with Gasteiger partial charge in [-0.25, -0.2) is 9.97 Å². The fourth-order valence-corrected chi connectivity index (χ4v) is 0.736. The van der Waals surface area contributed by atoms with Crippen LogP contribution in [0.4, 0.5) is 13.2 Å². The molecule has 0 aliphatic carbocycles. The van der Waals surface area contributed by atoms with Gasteiger partial charge in [-0.2, -0.15) is 13.2 Å². The maximum atomic E-state index is 12.0. The molecule has 0 radical (unpaired) electrons. The van der Waals surface area contributed by atoms with E-state index in [4.69, 9.17) is 5.73 Å². The number of aromatic nitrogens is 2. The molecule has 0 aliphatic rings. The molecule has 1 aromatic heterocycles. The van der Waals surface area contributed by atoms with Gasteiger partial charge < -0.3 is 5.73 Å². The molecule has 7 heteroatoms. The molecule has 0 atom stereocenters. The van der Waals surface area contributed by atoms with Crippen molar-refractivity contribution in [3.8, 4) is 0 Å². The van der Waals surface area contributed by atoms with Crippen LogP contribution in [0.5, 0.6) is 0 Å². The lowest BCUT2D eigenvalue weighted by Gasteiger charge is -2.03. The number of nitrogens with two attached hydrogens (primary N) is 1. The number of halogens is 3. The first kappa shape index (κ1) is 10.6. The highest BCUT2D eigenvalue weighted by Crippen LogP contribution is 2.25. The third-order valence-electron chi connectivity index (χ3n) is 1.41. The van der Waals surface area contributed by atoms with Gasteiger partial charge in [-0.15, -0.1) is 0 Å². The Balaban J connectivity index is 2.95. The first-order valence-electron chi connectivity index (χ1n) is 3.57. The van der Waals surface area contributed by atoms with Gasteiger partial charge in [0, 0.05) is 12.4 Å². The highest BCUT2D eigenvalue weighted by Gasteiger charge is 2.34. The Hall–Kier alpha value is -1.50. The van der Waals surface area contributed by atoms with Crippen molar-refractivity contribution in [1.29, 1.82) is 0 Å². The number of carbonyl (C=O) groups excluding carboxylic acids is 1. The second-order valence-corrected chi connectivity index (χ2v) is 2.42. The maximum Gasteiger partial charge on any atom is 0.451 e. The third-order valence-corrected chi connectivity index (χ3v) is 1.41. The molecule has 1 aromatic rings. The number of alkyl halides is 3. The van der Waals surface area contributed by atoms with Crippen LogP contribution in [0.25, 0.3) is 0 Å². The second kappa shape index (κ2) is 3.70. The number of ketones is 1. The van der Waals surface area contributed by atoms with E-state index in [0.717, 1.165) is 12.4 Å². The molecule has 0 bridgehead atoms. The van der Waals surface area contributed by atoms with Gasteiger partial charge in [-0.05, 0) is 0 Å². The monoisotopic (exact) mass is 205 g/mol. The van der Waals surface area contributed by atoms with Crippen molar-refractivity contribution in [2.75, 3.05) is 6.54 Å². The Morgan fingerprint density at radius 1 is 1.36 bits per heavy atom.